The first-order valence-electron chi connectivity index (χ1n) is 35.4. The quantitative estimate of drug-likeness (QED) is 0.00629. The molecule has 120 heavy (non-hydrogen) atoms. The standard InChI is InChI=1S/C18H17FO7S.C15H16FNO3S.C14H13FO4S.C14H13FO2S.C13H11FO3S.C12H9FO3/c1-3-25-18(22)15(21)10-14(20)17-12(9-16(26-17)27(2,23)24)8-11-4-6-13(19)7-5-11;1-17(19-2)15(18)14-11(9-13(20-14)21-3)8-10-4-6-12(16)7-5-10;1-9(16)14-11(8-13(19-14)20(2,17)18)7-10-3-5-12(15)6-4-10;1-9(16)14-11(8-13(17-14)18-2)7-10-3-5-12(15)6-4-10;1-18-11-7-9(12(17-11)13(15)16)6-8-2-4-10(14)5-3-8;13-10-3-1-8(2-4-10)7-9-5-6-16-11(9)12(14)15/h4-7,9-10,20H,3,8H2,1-2H3;4-7,9H,8H2,1-3H3;3-6,8H,7H2,1-2H3;3-6,8H,7H2,1-2H3;2-5,7H,6H2,1H3,(H,15,16);1-6H,7H2,(H,14,15). The molecule has 12 rings (SSSR count). The molecule has 0 bridgehead atoms. The number of ether oxygens (including phenoxy) is 1. The van der Waals surface area contributed by atoms with Gasteiger partial charge >= 0.3 is 23.8 Å². The topological polar surface area (TPSA) is 349 Å². The monoisotopic (exact) mass is 1750 g/mol. The Morgan fingerprint density at radius 1 is 0.408 bits per heavy atom. The molecular weight excluding hydrogens is 1670 g/mol. The zero-order chi connectivity index (χ0) is 88.3. The van der Waals surface area contributed by atoms with Crippen molar-refractivity contribution >= 4 is 102 Å². The van der Waals surface area contributed by atoms with E-state index < -0.39 is 60.0 Å². The van der Waals surface area contributed by atoms with Crippen LogP contribution >= 0.6 is 35.3 Å². The largest absolute Gasteiger partial charge is 0.504 e. The lowest BCUT2D eigenvalue weighted by Crippen LogP contribution is -2.25. The summed E-state index contributed by atoms with van der Waals surface area (Å²) in [7, 11) is -4.32. The van der Waals surface area contributed by atoms with Crippen molar-refractivity contribution in [1.82, 2.24) is 5.06 Å². The molecule has 0 fully saturated rings. The molecule has 0 spiro atoms. The third kappa shape index (κ3) is 28.9. The number of amides is 1. The molecule has 0 saturated carbocycles. The molecule has 0 aliphatic heterocycles. The van der Waals surface area contributed by atoms with Gasteiger partial charge in [-0.15, -0.1) is 0 Å². The number of carboxylic acids is 2. The fourth-order valence-electron chi connectivity index (χ4n) is 10.8. The summed E-state index contributed by atoms with van der Waals surface area (Å²) in [5.74, 6) is -7.70. The van der Waals surface area contributed by atoms with E-state index in [9.17, 15) is 81.8 Å². The number of benzene rings is 6. The van der Waals surface area contributed by atoms with E-state index in [1.54, 1.807) is 72.8 Å². The van der Waals surface area contributed by atoms with E-state index in [-0.39, 0.29) is 99.0 Å². The highest BCUT2D eigenvalue weighted by molar-refractivity contribution is 7.98. The van der Waals surface area contributed by atoms with Crippen LogP contribution in [0.2, 0.25) is 0 Å². The SMILES string of the molecule is CC(=O)c1oc(S(C)(=O)=O)cc1Cc1ccc(F)cc1.CCOC(=O)C(=O)C=C(O)c1oc(S(C)(=O)=O)cc1Cc1ccc(F)cc1.CON(C)C(=O)c1oc(SC)cc1Cc1ccc(F)cc1.CSc1cc(Cc2ccc(F)cc2)c(C(=O)O)o1.CSc1cc(Cc2ccc(F)cc2)c(C(C)=O)o1.O=C(O)c1occc1Cc1ccc(F)cc1. The first kappa shape index (κ1) is 95.1. The molecule has 632 valence electrons. The number of Topliss-reactive ketones (excluding diaryl/α,β-unsaturated/α-hetero) is 2. The average Bonchev–Trinajstić information content (AvgIpc) is 1.67. The number of carboxylic acid groups (broad SMARTS) is 2. The Morgan fingerprint density at radius 2 is 0.692 bits per heavy atom. The lowest BCUT2D eigenvalue weighted by molar-refractivity contribution is -0.151. The third-order valence-corrected chi connectivity index (χ3v) is 20.3. The van der Waals surface area contributed by atoms with E-state index >= 15 is 0 Å². The maximum atomic E-state index is 13.0. The maximum absolute atomic E-state index is 13.0. The van der Waals surface area contributed by atoms with Gasteiger partial charge in [0, 0.05) is 124 Å². The first-order valence-corrected chi connectivity index (χ1v) is 42.9. The normalized spacial score (nSPS) is 11.1. The Morgan fingerprint density at radius 3 is 1.00 bits per heavy atom. The molecule has 0 saturated heterocycles. The molecule has 12 aromatic rings. The summed E-state index contributed by atoms with van der Waals surface area (Å²) in [5, 5.41) is 30.4. The van der Waals surface area contributed by atoms with Gasteiger partial charge in [0.25, 0.3) is 5.78 Å². The second-order valence-electron chi connectivity index (χ2n) is 25.7. The highest BCUT2D eigenvalue weighted by Gasteiger charge is 2.27. The van der Waals surface area contributed by atoms with Gasteiger partial charge < -0.3 is 46.6 Å². The van der Waals surface area contributed by atoms with Crippen molar-refractivity contribution < 1.29 is 128 Å². The summed E-state index contributed by atoms with van der Waals surface area (Å²) in [6, 6.07) is 45.1. The van der Waals surface area contributed by atoms with E-state index in [2.05, 4.69) is 4.74 Å². The number of rotatable bonds is 27. The smallest absolute Gasteiger partial charge is 0.379 e. The van der Waals surface area contributed by atoms with Crippen LogP contribution in [-0.2, 0) is 77.4 Å². The van der Waals surface area contributed by atoms with Gasteiger partial charge in [-0.2, -0.15) is 0 Å². The van der Waals surface area contributed by atoms with Gasteiger partial charge in [-0.3, -0.25) is 24.0 Å². The number of hydrogen-bond acceptors (Lipinski definition) is 23. The van der Waals surface area contributed by atoms with Crippen LogP contribution in [-0.4, -0.2) is 130 Å². The molecule has 34 heteroatoms. The molecule has 6 aromatic heterocycles. The first-order chi connectivity index (χ1) is 56.8. The number of ketones is 3. The number of furan rings is 6. The van der Waals surface area contributed by atoms with Crippen molar-refractivity contribution in [2.45, 2.75) is 84.8 Å². The number of carbonyl (C=O) groups is 7. The summed E-state index contributed by atoms with van der Waals surface area (Å²) >= 11 is 4.21. The molecular formula is C86H79F6NO22S5. The minimum Gasteiger partial charge on any atom is -0.504 e. The molecule has 6 heterocycles. The zero-order valence-electron chi connectivity index (χ0n) is 65.8. The maximum Gasteiger partial charge on any atom is 0.379 e. The van der Waals surface area contributed by atoms with Crippen molar-refractivity contribution in [3.05, 3.63) is 331 Å². The number of halogens is 6. The number of thioether (sulfide) groups is 3. The van der Waals surface area contributed by atoms with Crippen molar-refractivity contribution in [3.63, 3.8) is 0 Å². The number of hydroxylamine groups is 2. The van der Waals surface area contributed by atoms with Crippen molar-refractivity contribution in [2.24, 2.45) is 0 Å². The zero-order valence-corrected chi connectivity index (χ0v) is 69.9. The second kappa shape index (κ2) is 44.6. The average molecular weight is 1750 g/mol. The Bertz CT molecular complexity index is 5690. The lowest BCUT2D eigenvalue weighted by Gasteiger charge is -2.12. The molecule has 0 aliphatic carbocycles. The van der Waals surface area contributed by atoms with E-state index in [4.69, 9.17) is 41.6 Å². The summed E-state index contributed by atoms with van der Waals surface area (Å²) < 4.78 is 159. The van der Waals surface area contributed by atoms with Gasteiger partial charge in [0.05, 0.1) is 20.0 Å². The van der Waals surface area contributed by atoms with Gasteiger partial charge in [0.2, 0.25) is 41.4 Å². The van der Waals surface area contributed by atoms with Gasteiger partial charge in [-0.25, -0.2) is 62.6 Å². The van der Waals surface area contributed by atoms with E-state index in [0.717, 1.165) is 61.6 Å². The summed E-state index contributed by atoms with van der Waals surface area (Å²) in [6.07, 6.45) is 11.7. The van der Waals surface area contributed by atoms with Gasteiger partial charge in [0.15, 0.2) is 55.6 Å². The fourth-order valence-corrected chi connectivity index (χ4v) is 13.3. The van der Waals surface area contributed by atoms with E-state index in [0.29, 0.717) is 76.4 Å². The molecule has 6 aromatic carbocycles. The highest BCUT2D eigenvalue weighted by atomic mass is 32.2. The minimum atomic E-state index is -3.73. The Labute approximate surface area is 698 Å². The van der Waals surface area contributed by atoms with Crippen molar-refractivity contribution in [1.29, 1.82) is 0 Å². The third-order valence-electron chi connectivity index (χ3n) is 16.6. The lowest BCUT2D eigenvalue weighted by atomic mass is 10.0. The summed E-state index contributed by atoms with van der Waals surface area (Å²) in [5.41, 5.74) is 8.40. The van der Waals surface area contributed by atoms with Crippen LogP contribution in [0.4, 0.5) is 26.3 Å². The number of esters is 1. The van der Waals surface area contributed by atoms with Gasteiger partial charge in [-0.1, -0.05) is 108 Å². The van der Waals surface area contributed by atoms with Crippen molar-refractivity contribution in [3.8, 4) is 0 Å². The van der Waals surface area contributed by atoms with Crippen LogP contribution < -0.4 is 0 Å². The van der Waals surface area contributed by atoms with Crippen LogP contribution in [0.3, 0.4) is 0 Å². The summed E-state index contributed by atoms with van der Waals surface area (Å²) in [4.78, 5) is 85.0. The van der Waals surface area contributed by atoms with E-state index in [1.165, 1.54) is 174 Å². The number of aromatic carboxylic acids is 2. The minimum absolute atomic E-state index is 0.0199. The van der Waals surface area contributed by atoms with Crippen LogP contribution in [0.5, 0.6) is 0 Å². The van der Waals surface area contributed by atoms with Crippen LogP contribution in [0.15, 0.2) is 246 Å². The molecule has 23 nitrogen and oxygen atoms in total. The Hall–Kier alpha value is -12.1. The van der Waals surface area contributed by atoms with E-state index in [1.807, 2.05) is 30.9 Å². The number of hydrogen-bond donors (Lipinski definition) is 3. The molecule has 0 aliphatic rings. The number of nitrogens with zero attached hydrogens (tertiary/aromatic N) is 1. The van der Waals surface area contributed by atoms with Crippen molar-refractivity contribution in [2.75, 3.05) is 52.0 Å². The fraction of sp³-hybridized carbons (Fsp3) is 0.198. The van der Waals surface area contributed by atoms with Crippen LogP contribution in [0, 0.1) is 34.9 Å². The molecule has 0 radical (unpaired) electrons. The number of carbonyl (C=O) groups excluding carboxylic acids is 5. The van der Waals surface area contributed by atoms with Crippen LogP contribution in [0.1, 0.15) is 146 Å². The van der Waals surface area contributed by atoms with Gasteiger partial charge in [-0.05, 0) is 156 Å². The predicted octanol–water partition coefficient (Wildman–Crippen LogP) is 18.5. The summed E-state index contributed by atoms with van der Waals surface area (Å²) in [6.45, 7) is 4.28. The number of aliphatic hydroxyl groups is 1. The predicted molar refractivity (Wildman–Crippen MR) is 434 cm³/mol. The molecule has 0 unspecified atom stereocenters. The Balaban J connectivity index is 0.000000200. The van der Waals surface area contributed by atoms with Gasteiger partial charge in [0.1, 0.15) is 34.9 Å². The Kier molecular flexibility index (Phi) is 35.4. The second-order valence-corrected chi connectivity index (χ2v) is 32.0. The molecule has 1 amide bonds. The number of aliphatic hydroxyl groups excluding tert-OH is 1. The number of sulfone groups is 2. The van der Waals surface area contributed by atoms with Crippen LogP contribution in [0.25, 0.3) is 5.76 Å². The molecule has 0 atom stereocenters. The highest BCUT2D eigenvalue weighted by Crippen LogP contribution is 2.32. The molecule has 3 N–H and O–H groups in total.